The van der Waals surface area contributed by atoms with E-state index in [0.717, 1.165) is 31.8 Å². The molecule has 1 aromatic carbocycles. The summed E-state index contributed by atoms with van der Waals surface area (Å²) in [7, 11) is 0. The van der Waals surface area contributed by atoms with Gasteiger partial charge in [-0.3, -0.25) is 14.9 Å². The molecule has 4 rings (SSSR count). The normalized spacial score (nSPS) is 15.0. The van der Waals surface area contributed by atoms with Crippen molar-refractivity contribution < 1.29 is 18.6 Å². The molecule has 1 amide bonds. The lowest BCUT2D eigenvalue weighted by molar-refractivity contribution is -0.384. The molecule has 0 aliphatic carbocycles. The van der Waals surface area contributed by atoms with E-state index in [2.05, 4.69) is 15.4 Å². The molecule has 0 saturated carbocycles. The lowest BCUT2D eigenvalue weighted by Crippen LogP contribution is -2.23. The van der Waals surface area contributed by atoms with Crippen LogP contribution in [0.5, 0.6) is 0 Å². The van der Waals surface area contributed by atoms with Crippen molar-refractivity contribution in [1.82, 2.24) is 5.43 Å². The molecule has 1 N–H and O–H groups in total. The number of fused-ring (bicyclic) bond motifs is 1. The average Bonchev–Trinajstić information content (AvgIpc) is 3.27. The molecule has 0 bridgehead atoms. The smallest absolute Gasteiger partial charge is 0.307 e. The Balaban J connectivity index is 1.39. The van der Waals surface area contributed by atoms with E-state index >= 15 is 0 Å². The van der Waals surface area contributed by atoms with E-state index in [4.69, 9.17) is 8.83 Å². The summed E-state index contributed by atoms with van der Waals surface area (Å²) >= 11 is 0. The van der Waals surface area contributed by atoms with Gasteiger partial charge in [-0.1, -0.05) is 12.8 Å². The first-order valence-corrected chi connectivity index (χ1v) is 9.46. The molecule has 1 aliphatic rings. The van der Waals surface area contributed by atoms with E-state index in [0.29, 0.717) is 16.7 Å². The number of carbonyl (C=O) groups is 1. The van der Waals surface area contributed by atoms with Gasteiger partial charge < -0.3 is 13.7 Å². The maximum absolute atomic E-state index is 12.2. The monoisotopic (exact) mass is 396 g/mol. The third-order valence-electron chi connectivity index (χ3n) is 4.82. The largest absolute Gasteiger partial charge is 0.451 e. The Bertz CT molecular complexity index is 1060. The molecule has 1 aliphatic heterocycles. The van der Waals surface area contributed by atoms with Gasteiger partial charge in [0.05, 0.1) is 11.1 Å². The number of benzene rings is 1. The van der Waals surface area contributed by atoms with Gasteiger partial charge in [0.15, 0.2) is 11.6 Å². The number of nitrogens with zero attached hydrogens (tertiary/aromatic N) is 3. The molecule has 9 nitrogen and oxygen atoms in total. The number of carbonyl (C=O) groups excluding carboxylic acids is 1. The first-order chi connectivity index (χ1) is 14.1. The van der Waals surface area contributed by atoms with Crippen LogP contribution in [0.3, 0.4) is 0 Å². The summed E-state index contributed by atoms with van der Waals surface area (Å²) < 4.78 is 11.2. The maximum atomic E-state index is 12.2. The van der Waals surface area contributed by atoms with Crippen LogP contribution >= 0.6 is 0 Å². The molecule has 0 unspecified atom stereocenters. The zero-order valence-electron chi connectivity index (χ0n) is 15.7. The summed E-state index contributed by atoms with van der Waals surface area (Å²) in [6, 6.07) is 9.28. The summed E-state index contributed by atoms with van der Waals surface area (Å²) in [5, 5.41) is 15.2. The molecule has 0 radical (unpaired) electrons. The number of nitro groups is 1. The molecule has 1 saturated heterocycles. The highest BCUT2D eigenvalue weighted by atomic mass is 16.6. The van der Waals surface area contributed by atoms with Crippen LogP contribution < -0.4 is 10.3 Å². The SMILES string of the molecule is O=C(N/N=C/c1ccc(N2CCCCCC2)o1)c1cc2cc([N+](=O)[O-])ccc2o1. The van der Waals surface area contributed by atoms with Crippen LogP contribution in [-0.4, -0.2) is 30.1 Å². The predicted molar refractivity (Wildman–Crippen MR) is 107 cm³/mol. The van der Waals surface area contributed by atoms with Gasteiger partial charge in [-0.15, -0.1) is 0 Å². The fourth-order valence-corrected chi connectivity index (χ4v) is 3.34. The summed E-state index contributed by atoms with van der Waals surface area (Å²) in [6.45, 7) is 1.95. The Morgan fingerprint density at radius 1 is 1.10 bits per heavy atom. The van der Waals surface area contributed by atoms with Gasteiger partial charge >= 0.3 is 5.91 Å². The van der Waals surface area contributed by atoms with Crippen molar-refractivity contribution in [3.05, 3.63) is 58.0 Å². The molecule has 29 heavy (non-hydrogen) atoms. The third-order valence-corrected chi connectivity index (χ3v) is 4.82. The Labute approximate surface area is 166 Å². The standard InChI is InChI=1S/C20H20N4O5/c25-20(18-12-14-11-15(24(26)27)5-7-17(14)29-18)22-21-13-16-6-8-19(28-16)23-9-3-1-2-4-10-23/h5-8,11-13H,1-4,9-10H2,(H,22,25)/b21-13+. The van der Waals surface area contributed by atoms with Crippen molar-refractivity contribution >= 4 is 34.7 Å². The van der Waals surface area contributed by atoms with Gasteiger partial charge in [-0.05, 0) is 31.0 Å². The summed E-state index contributed by atoms with van der Waals surface area (Å²) in [6.07, 6.45) is 6.22. The minimum atomic E-state index is -0.556. The van der Waals surface area contributed by atoms with Crippen molar-refractivity contribution in [3.63, 3.8) is 0 Å². The molecule has 0 atom stereocenters. The summed E-state index contributed by atoms with van der Waals surface area (Å²) in [5.74, 6) is 0.796. The second-order valence-corrected chi connectivity index (χ2v) is 6.87. The minimum absolute atomic E-state index is 0.0161. The fraction of sp³-hybridized carbons (Fsp3) is 0.300. The quantitative estimate of drug-likeness (QED) is 0.395. The average molecular weight is 396 g/mol. The van der Waals surface area contributed by atoms with Gasteiger partial charge in [-0.2, -0.15) is 5.10 Å². The van der Waals surface area contributed by atoms with Crippen molar-refractivity contribution in [3.8, 4) is 0 Å². The van der Waals surface area contributed by atoms with Crippen molar-refractivity contribution in [2.24, 2.45) is 5.10 Å². The van der Waals surface area contributed by atoms with E-state index in [9.17, 15) is 14.9 Å². The molecule has 1 fully saturated rings. The first kappa shape index (κ1) is 18.7. The molecule has 9 heteroatoms. The van der Waals surface area contributed by atoms with Gasteiger partial charge in [0.1, 0.15) is 11.3 Å². The molecule has 2 aromatic heterocycles. The van der Waals surface area contributed by atoms with Crippen LogP contribution in [-0.2, 0) is 0 Å². The Morgan fingerprint density at radius 3 is 2.66 bits per heavy atom. The molecular weight excluding hydrogens is 376 g/mol. The molecule has 3 heterocycles. The highest BCUT2D eigenvalue weighted by molar-refractivity contribution is 5.96. The number of non-ortho nitro benzene ring substituents is 1. The topological polar surface area (TPSA) is 114 Å². The maximum Gasteiger partial charge on any atom is 0.307 e. The third kappa shape index (κ3) is 4.29. The van der Waals surface area contributed by atoms with Gasteiger partial charge in [-0.25, -0.2) is 5.43 Å². The number of anilines is 1. The van der Waals surface area contributed by atoms with E-state index in [1.165, 1.54) is 43.3 Å². The van der Waals surface area contributed by atoms with Gasteiger partial charge in [0.2, 0.25) is 0 Å². The number of rotatable bonds is 5. The summed E-state index contributed by atoms with van der Waals surface area (Å²) in [4.78, 5) is 24.8. The summed E-state index contributed by atoms with van der Waals surface area (Å²) in [5.41, 5.74) is 2.69. The van der Waals surface area contributed by atoms with Crippen LogP contribution in [0.2, 0.25) is 0 Å². The zero-order valence-corrected chi connectivity index (χ0v) is 15.7. The van der Waals surface area contributed by atoms with E-state index in [1.54, 1.807) is 6.07 Å². The Kier molecular flexibility index (Phi) is 5.28. The van der Waals surface area contributed by atoms with Crippen molar-refractivity contribution in [1.29, 1.82) is 0 Å². The molecular formula is C20H20N4O5. The number of nitrogens with one attached hydrogen (secondary N) is 1. The number of hydrazone groups is 1. The van der Waals surface area contributed by atoms with Crippen molar-refractivity contribution in [2.75, 3.05) is 18.0 Å². The van der Waals surface area contributed by atoms with Crippen molar-refractivity contribution in [2.45, 2.75) is 25.7 Å². The Morgan fingerprint density at radius 2 is 1.90 bits per heavy atom. The molecule has 150 valence electrons. The number of furan rings is 2. The number of nitro benzene ring substituents is 1. The van der Waals surface area contributed by atoms with E-state index < -0.39 is 10.8 Å². The fourth-order valence-electron chi connectivity index (χ4n) is 3.34. The lowest BCUT2D eigenvalue weighted by atomic mass is 10.2. The van der Waals surface area contributed by atoms with Gasteiger partial charge in [0, 0.05) is 36.7 Å². The van der Waals surface area contributed by atoms with E-state index in [1.807, 2.05) is 6.07 Å². The van der Waals surface area contributed by atoms with Crippen LogP contribution in [0.25, 0.3) is 11.0 Å². The molecule has 0 spiro atoms. The highest BCUT2D eigenvalue weighted by Gasteiger charge is 2.15. The number of amides is 1. The first-order valence-electron chi connectivity index (χ1n) is 9.46. The number of hydrogen-bond acceptors (Lipinski definition) is 7. The molecule has 3 aromatic rings. The number of hydrogen-bond donors (Lipinski definition) is 1. The second kappa shape index (κ2) is 8.17. The second-order valence-electron chi connectivity index (χ2n) is 6.87. The van der Waals surface area contributed by atoms with Gasteiger partial charge in [0.25, 0.3) is 5.69 Å². The van der Waals surface area contributed by atoms with E-state index in [-0.39, 0.29) is 11.4 Å². The van der Waals surface area contributed by atoms with Crippen LogP contribution in [0.4, 0.5) is 11.6 Å². The zero-order chi connectivity index (χ0) is 20.2. The lowest BCUT2D eigenvalue weighted by Gasteiger charge is -2.18. The van der Waals surface area contributed by atoms with Crippen LogP contribution in [0.1, 0.15) is 42.0 Å². The predicted octanol–water partition coefficient (Wildman–Crippen LogP) is 4.08. The Hall–Kier alpha value is -3.62. The highest BCUT2D eigenvalue weighted by Crippen LogP contribution is 2.24. The minimum Gasteiger partial charge on any atom is -0.451 e. The van der Waals surface area contributed by atoms with Crippen LogP contribution in [0.15, 0.2) is 50.3 Å². The van der Waals surface area contributed by atoms with Crippen LogP contribution in [0, 0.1) is 10.1 Å².